The summed E-state index contributed by atoms with van der Waals surface area (Å²) in [6, 6.07) is 8.90. The molecule has 0 radical (unpaired) electrons. The van der Waals surface area contributed by atoms with Gasteiger partial charge in [-0.05, 0) is 36.8 Å². The lowest BCUT2D eigenvalue weighted by molar-refractivity contribution is -0.385. The van der Waals surface area contributed by atoms with Gasteiger partial charge in [-0.3, -0.25) is 19.6 Å². The summed E-state index contributed by atoms with van der Waals surface area (Å²) in [5, 5.41) is 17.5. The standard InChI is InChI=1S/C19H15F3N4O3/c1-12-7-14(5-6-17(12)26(28)29)18(27)24-16-9-23-25(11-16)10-13-3-2-4-15(8-13)19(20,21)22/h2-9,11H,10H2,1H3,(H,24,27). The van der Waals surface area contributed by atoms with Crippen LogP contribution >= 0.6 is 0 Å². The van der Waals surface area contributed by atoms with E-state index in [1.54, 1.807) is 6.07 Å². The van der Waals surface area contributed by atoms with Crippen LogP contribution < -0.4 is 5.32 Å². The number of amides is 1. The Hall–Kier alpha value is -3.69. The van der Waals surface area contributed by atoms with E-state index < -0.39 is 22.6 Å². The van der Waals surface area contributed by atoms with Crippen LogP contribution in [0.1, 0.15) is 27.0 Å². The molecule has 0 aliphatic rings. The second kappa shape index (κ2) is 7.74. The Morgan fingerprint density at radius 1 is 1.24 bits per heavy atom. The molecular formula is C19H15F3N4O3. The number of aryl methyl sites for hydroxylation is 1. The Morgan fingerprint density at radius 3 is 2.66 bits per heavy atom. The summed E-state index contributed by atoms with van der Waals surface area (Å²) in [6.07, 6.45) is -1.58. The topological polar surface area (TPSA) is 90.1 Å². The number of anilines is 1. The second-order valence-electron chi connectivity index (χ2n) is 6.34. The van der Waals surface area contributed by atoms with E-state index in [0.717, 1.165) is 12.1 Å². The fraction of sp³-hybridized carbons (Fsp3) is 0.158. The Kier molecular flexibility index (Phi) is 5.35. The minimum absolute atomic E-state index is 0.0875. The number of nitrogens with one attached hydrogen (secondary N) is 1. The highest BCUT2D eigenvalue weighted by Gasteiger charge is 2.30. The van der Waals surface area contributed by atoms with Gasteiger partial charge in [-0.1, -0.05) is 12.1 Å². The SMILES string of the molecule is Cc1cc(C(=O)Nc2cnn(Cc3cccc(C(F)(F)F)c3)c2)ccc1[N+](=O)[O-]. The molecule has 1 aromatic heterocycles. The quantitative estimate of drug-likeness (QED) is 0.504. The number of carbonyl (C=O) groups excluding carboxylic acids is 1. The largest absolute Gasteiger partial charge is 0.416 e. The number of halogens is 3. The van der Waals surface area contributed by atoms with E-state index in [1.807, 2.05) is 0 Å². The van der Waals surface area contributed by atoms with Gasteiger partial charge in [-0.15, -0.1) is 0 Å². The van der Waals surface area contributed by atoms with Gasteiger partial charge in [0.15, 0.2) is 0 Å². The Bertz CT molecular complexity index is 1080. The zero-order chi connectivity index (χ0) is 21.2. The fourth-order valence-corrected chi connectivity index (χ4v) is 2.75. The van der Waals surface area contributed by atoms with Crippen molar-refractivity contribution in [3.05, 3.63) is 87.2 Å². The van der Waals surface area contributed by atoms with Gasteiger partial charge in [0.05, 0.1) is 28.9 Å². The van der Waals surface area contributed by atoms with Crippen LogP contribution in [-0.4, -0.2) is 20.6 Å². The van der Waals surface area contributed by atoms with Crippen molar-refractivity contribution in [3.8, 4) is 0 Å². The third kappa shape index (κ3) is 4.78. The highest BCUT2D eigenvalue weighted by molar-refractivity contribution is 6.04. The predicted molar refractivity (Wildman–Crippen MR) is 98.6 cm³/mol. The van der Waals surface area contributed by atoms with Gasteiger partial charge >= 0.3 is 6.18 Å². The lowest BCUT2D eigenvalue weighted by atomic mass is 10.1. The van der Waals surface area contributed by atoms with Crippen LogP contribution in [0, 0.1) is 17.0 Å². The third-order valence-electron chi connectivity index (χ3n) is 4.15. The molecule has 0 saturated carbocycles. The number of aromatic nitrogens is 2. The zero-order valence-corrected chi connectivity index (χ0v) is 15.1. The van der Waals surface area contributed by atoms with E-state index in [0.29, 0.717) is 16.8 Å². The Balaban J connectivity index is 1.70. The van der Waals surface area contributed by atoms with Crippen LogP contribution in [0.3, 0.4) is 0 Å². The maximum atomic E-state index is 12.8. The van der Waals surface area contributed by atoms with E-state index in [4.69, 9.17) is 0 Å². The highest BCUT2D eigenvalue weighted by Crippen LogP contribution is 2.29. The van der Waals surface area contributed by atoms with E-state index in [2.05, 4.69) is 10.4 Å². The molecule has 3 rings (SSSR count). The van der Waals surface area contributed by atoms with Gasteiger partial charge < -0.3 is 5.32 Å². The molecule has 3 aromatic rings. The first kappa shape index (κ1) is 20.1. The molecule has 0 unspecified atom stereocenters. The average Bonchev–Trinajstić information content (AvgIpc) is 3.07. The molecule has 0 bridgehead atoms. The number of nitro benzene ring substituents is 1. The van der Waals surface area contributed by atoms with Gasteiger partial charge in [-0.25, -0.2) is 0 Å². The average molecular weight is 404 g/mol. The Morgan fingerprint density at radius 2 is 2.00 bits per heavy atom. The molecule has 0 saturated heterocycles. The van der Waals surface area contributed by atoms with Crippen molar-refractivity contribution in [1.29, 1.82) is 0 Å². The van der Waals surface area contributed by atoms with Crippen LogP contribution in [0.15, 0.2) is 54.9 Å². The van der Waals surface area contributed by atoms with Crippen molar-refractivity contribution in [2.24, 2.45) is 0 Å². The van der Waals surface area contributed by atoms with Crippen LogP contribution in [0.4, 0.5) is 24.5 Å². The maximum Gasteiger partial charge on any atom is 0.416 e. The van der Waals surface area contributed by atoms with Crippen LogP contribution in [0.25, 0.3) is 0 Å². The molecule has 0 atom stereocenters. The number of hydrogen-bond donors (Lipinski definition) is 1. The summed E-state index contributed by atoms with van der Waals surface area (Å²) in [6.45, 7) is 1.62. The summed E-state index contributed by atoms with van der Waals surface area (Å²) in [5.74, 6) is -0.485. The summed E-state index contributed by atoms with van der Waals surface area (Å²) < 4.78 is 39.8. The van der Waals surface area contributed by atoms with Crippen LogP contribution in [-0.2, 0) is 12.7 Å². The number of nitro groups is 1. The summed E-state index contributed by atoms with van der Waals surface area (Å²) >= 11 is 0. The molecule has 0 spiro atoms. The summed E-state index contributed by atoms with van der Waals surface area (Å²) in [7, 11) is 0. The third-order valence-corrected chi connectivity index (χ3v) is 4.15. The maximum absolute atomic E-state index is 12.8. The lowest BCUT2D eigenvalue weighted by Crippen LogP contribution is -2.12. The second-order valence-corrected chi connectivity index (χ2v) is 6.34. The van der Waals surface area contributed by atoms with Crippen molar-refractivity contribution in [3.63, 3.8) is 0 Å². The van der Waals surface area contributed by atoms with E-state index in [-0.39, 0.29) is 17.8 Å². The molecule has 1 N–H and O–H groups in total. The van der Waals surface area contributed by atoms with E-state index in [1.165, 1.54) is 48.3 Å². The van der Waals surface area contributed by atoms with Gasteiger partial charge in [0.25, 0.3) is 11.6 Å². The number of carbonyl (C=O) groups is 1. The molecule has 1 amide bonds. The molecule has 29 heavy (non-hydrogen) atoms. The number of rotatable bonds is 5. The van der Waals surface area contributed by atoms with Crippen molar-refractivity contribution in [2.45, 2.75) is 19.6 Å². The molecule has 2 aromatic carbocycles. The number of nitrogens with zero attached hydrogens (tertiary/aromatic N) is 3. The molecule has 0 aliphatic carbocycles. The fourth-order valence-electron chi connectivity index (χ4n) is 2.75. The molecule has 0 fully saturated rings. The molecule has 10 heteroatoms. The minimum Gasteiger partial charge on any atom is -0.319 e. The van der Waals surface area contributed by atoms with Crippen molar-refractivity contribution in [2.75, 3.05) is 5.32 Å². The smallest absolute Gasteiger partial charge is 0.319 e. The molecule has 7 nitrogen and oxygen atoms in total. The normalized spacial score (nSPS) is 11.3. The first-order valence-corrected chi connectivity index (χ1v) is 8.38. The zero-order valence-electron chi connectivity index (χ0n) is 15.1. The van der Waals surface area contributed by atoms with E-state index in [9.17, 15) is 28.1 Å². The predicted octanol–water partition coefficient (Wildman–Crippen LogP) is 4.42. The summed E-state index contributed by atoms with van der Waals surface area (Å²) in [5.41, 5.74) is 0.506. The van der Waals surface area contributed by atoms with E-state index >= 15 is 0 Å². The van der Waals surface area contributed by atoms with Crippen LogP contribution in [0.2, 0.25) is 0 Å². The lowest BCUT2D eigenvalue weighted by Gasteiger charge is -2.08. The monoisotopic (exact) mass is 404 g/mol. The summed E-state index contributed by atoms with van der Waals surface area (Å²) in [4.78, 5) is 22.6. The number of hydrogen-bond acceptors (Lipinski definition) is 4. The van der Waals surface area contributed by atoms with Gasteiger partial charge in [0.2, 0.25) is 0 Å². The minimum atomic E-state index is -4.43. The molecule has 0 aliphatic heterocycles. The van der Waals surface area contributed by atoms with Gasteiger partial charge in [0.1, 0.15) is 0 Å². The molecule has 150 valence electrons. The Labute approximate surface area is 162 Å². The van der Waals surface area contributed by atoms with Crippen molar-refractivity contribution < 1.29 is 22.9 Å². The molecular weight excluding hydrogens is 389 g/mol. The molecule has 1 heterocycles. The van der Waals surface area contributed by atoms with Crippen molar-refractivity contribution >= 4 is 17.3 Å². The number of alkyl halides is 3. The first-order chi connectivity index (χ1) is 13.6. The van der Waals surface area contributed by atoms with Gasteiger partial charge in [-0.2, -0.15) is 18.3 Å². The van der Waals surface area contributed by atoms with Crippen molar-refractivity contribution in [1.82, 2.24) is 9.78 Å². The van der Waals surface area contributed by atoms with Crippen LogP contribution in [0.5, 0.6) is 0 Å². The number of benzene rings is 2. The highest BCUT2D eigenvalue weighted by atomic mass is 19.4. The van der Waals surface area contributed by atoms with Gasteiger partial charge in [0, 0.05) is 23.4 Å². The first-order valence-electron chi connectivity index (χ1n) is 8.38.